The van der Waals surface area contributed by atoms with E-state index in [1.54, 1.807) is 0 Å². The average molecular weight is 256 g/mol. The molecule has 0 N–H and O–H groups in total. The lowest BCUT2D eigenvalue weighted by Crippen LogP contribution is -2.11. The predicted molar refractivity (Wildman–Crippen MR) is 64.4 cm³/mol. The first-order valence-corrected chi connectivity index (χ1v) is 5.30. The van der Waals surface area contributed by atoms with Crippen molar-refractivity contribution in [2.75, 3.05) is 0 Å². The summed E-state index contributed by atoms with van der Waals surface area (Å²) >= 11 is 0. The second kappa shape index (κ2) is 5.10. The SMILES string of the molecule is N#Cc1nccn1CC(=O)c1ccc([N+](=O)[O-])cc1. The molecule has 94 valence electrons. The molecule has 1 aromatic carbocycles. The lowest BCUT2D eigenvalue weighted by molar-refractivity contribution is -0.384. The van der Waals surface area contributed by atoms with Crippen molar-refractivity contribution in [2.24, 2.45) is 0 Å². The van der Waals surface area contributed by atoms with Gasteiger partial charge in [0, 0.05) is 30.1 Å². The lowest BCUT2D eigenvalue weighted by Gasteiger charge is -2.03. The molecule has 1 heterocycles. The maximum atomic E-state index is 11.9. The normalized spacial score (nSPS) is 9.84. The maximum absolute atomic E-state index is 11.9. The molecule has 0 radical (unpaired) electrons. The fourth-order valence-corrected chi connectivity index (χ4v) is 1.56. The maximum Gasteiger partial charge on any atom is 0.269 e. The van der Waals surface area contributed by atoms with Crippen molar-refractivity contribution in [3.8, 4) is 6.07 Å². The fraction of sp³-hybridized carbons (Fsp3) is 0.0833. The lowest BCUT2D eigenvalue weighted by atomic mass is 10.1. The third kappa shape index (κ3) is 2.63. The van der Waals surface area contributed by atoms with E-state index in [1.165, 1.54) is 41.2 Å². The van der Waals surface area contributed by atoms with Gasteiger partial charge in [0.25, 0.3) is 5.69 Å². The van der Waals surface area contributed by atoms with Crippen LogP contribution >= 0.6 is 0 Å². The summed E-state index contributed by atoms with van der Waals surface area (Å²) in [6.07, 6.45) is 2.96. The van der Waals surface area contributed by atoms with Crippen LogP contribution in [0.2, 0.25) is 0 Å². The Balaban J connectivity index is 2.17. The average Bonchev–Trinajstić information content (AvgIpc) is 2.86. The van der Waals surface area contributed by atoms with Gasteiger partial charge in [0.2, 0.25) is 5.82 Å². The molecule has 19 heavy (non-hydrogen) atoms. The van der Waals surface area contributed by atoms with Crippen LogP contribution in [0.4, 0.5) is 5.69 Å². The Morgan fingerprint density at radius 1 is 1.42 bits per heavy atom. The Morgan fingerprint density at radius 3 is 2.68 bits per heavy atom. The number of carbonyl (C=O) groups is 1. The number of nitro benzene ring substituents is 1. The number of nitrogens with zero attached hydrogens (tertiary/aromatic N) is 4. The summed E-state index contributed by atoms with van der Waals surface area (Å²) in [5, 5.41) is 19.3. The molecule has 0 bridgehead atoms. The van der Waals surface area contributed by atoms with E-state index in [4.69, 9.17) is 5.26 Å². The van der Waals surface area contributed by atoms with Gasteiger partial charge in [-0.1, -0.05) is 0 Å². The molecule has 0 unspecified atom stereocenters. The van der Waals surface area contributed by atoms with Gasteiger partial charge in [0.1, 0.15) is 6.07 Å². The molecule has 0 amide bonds. The Hall–Kier alpha value is -3.01. The van der Waals surface area contributed by atoms with E-state index in [9.17, 15) is 14.9 Å². The number of hydrogen-bond donors (Lipinski definition) is 0. The van der Waals surface area contributed by atoms with Gasteiger partial charge in [-0.15, -0.1) is 0 Å². The number of aromatic nitrogens is 2. The van der Waals surface area contributed by atoms with Crippen molar-refractivity contribution in [1.82, 2.24) is 9.55 Å². The predicted octanol–water partition coefficient (Wildman–Crippen LogP) is 1.55. The first-order chi connectivity index (χ1) is 9.11. The number of nitriles is 1. The first kappa shape index (κ1) is 12.4. The molecule has 1 aromatic heterocycles. The summed E-state index contributed by atoms with van der Waals surface area (Å²) in [7, 11) is 0. The quantitative estimate of drug-likeness (QED) is 0.469. The summed E-state index contributed by atoms with van der Waals surface area (Å²) in [5.74, 6) is -0.0975. The van der Waals surface area contributed by atoms with Gasteiger partial charge < -0.3 is 4.57 Å². The number of non-ortho nitro benzene ring substituents is 1. The zero-order valence-electron chi connectivity index (χ0n) is 9.68. The second-order valence-corrected chi connectivity index (χ2v) is 3.72. The topological polar surface area (TPSA) is 102 Å². The standard InChI is InChI=1S/C12H8N4O3/c13-7-12-14-5-6-15(12)8-11(17)9-1-3-10(4-2-9)16(18)19/h1-6H,8H2. The zero-order valence-corrected chi connectivity index (χ0v) is 9.68. The molecule has 0 saturated heterocycles. The Morgan fingerprint density at radius 2 is 2.11 bits per heavy atom. The molecule has 2 aromatic rings. The van der Waals surface area contributed by atoms with Crippen molar-refractivity contribution in [3.63, 3.8) is 0 Å². The van der Waals surface area contributed by atoms with Gasteiger partial charge in [-0.2, -0.15) is 5.26 Å². The van der Waals surface area contributed by atoms with Gasteiger partial charge in [0.15, 0.2) is 5.78 Å². The van der Waals surface area contributed by atoms with Gasteiger partial charge in [-0.25, -0.2) is 4.98 Å². The molecule has 2 rings (SSSR count). The van der Waals surface area contributed by atoms with Crippen LogP contribution in [-0.2, 0) is 6.54 Å². The smallest absolute Gasteiger partial charge is 0.269 e. The van der Waals surface area contributed by atoms with E-state index < -0.39 is 4.92 Å². The highest BCUT2D eigenvalue weighted by molar-refractivity contribution is 5.96. The molecule has 7 heteroatoms. The van der Waals surface area contributed by atoms with Gasteiger partial charge in [0.05, 0.1) is 11.5 Å². The van der Waals surface area contributed by atoms with Crippen LogP contribution < -0.4 is 0 Å². The van der Waals surface area contributed by atoms with E-state index in [1.807, 2.05) is 6.07 Å². The van der Waals surface area contributed by atoms with E-state index in [0.29, 0.717) is 5.56 Å². The van der Waals surface area contributed by atoms with Crippen LogP contribution in [-0.4, -0.2) is 20.3 Å². The summed E-state index contributed by atoms with van der Waals surface area (Å²) in [6, 6.07) is 7.19. The zero-order chi connectivity index (χ0) is 13.8. The molecule has 7 nitrogen and oxygen atoms in total. The molecule has 0 fully saturated rings. The number of ketones is 1. The van der Waals surface area contributed by atoms with E-state index in [0.717, 1.165) is 0 Å². The minimum atomic E-state index is -0.530. The van der Waals surface area contributed by atoms with Crippen molar-refractivity contribution in [3.05, 3.63) is 58.2 Å². The van der Waals surface area contributed by atoms with E-state index in [2.05, 4.69) is 4.98 Å². The Bertz CT molecular complexity index is 667. The number of carbonyl (C=O) groups excluding carboxylic acids is 1. The molecule has 0 atom stereocenters. The number of rotatable bonds is 4. The largest absolute Gasteiger partial charge is 0.315 e. The van der Waals surface area contributed by atoms with Gasteiger partial charge in [-0.3, -0.25) is 14.9 Å². The minimum absolute atomic E-state index is 0.0271. The monoisotopic (exact) mass is 256 g/mol. The highest BCUT2D eigenvalue weighted by atomic mass is 16.6. The molecule has 0 aliphatic heterocycles. The minimum Gasteiger partial charge on any atom is -0.315 e. The van der Waals surface area contributed by atoms with Crippen LogP contribution in [0, 0.1) is 21.4 Å². The summed E-state index contributed by atoms with van der Waals surface area (Å²) in [6.45, 7) is -0.0271. The molecule has 0 aliphatic rings. The third-order valence-corrected chi connectivity index (χ3v) is 2.53. The number of benzene rings is 1. The van der Waals surface area contributed by atoms with Gasteiger partial charge >= 0.3 is 0 Å². The highest BCUT2D eigenvalue weighted by Gasteiger charge is 2.11. The number of hydrogen-bond acceptors (Lipinski definition) is 5. The van der Waals surface area contributed by atoms with Crippen molar-refractivity contribution >= 4 is 11.5 Å². The molecule has 0 saturated carbocycles. The highest BCUT2D eigenvalue weighted by Crippen LogP contribution is 2.13. The first-order valence-electron chi connectivity index (χ1n) is 5.30. The second-order valence-electron chi connectivity index (χ2n) is 3.72. The van der Waals surface area contributed by atoms with Crippen LogP contribution in [0.15, 0.2) is 36.7 Å². The molecule has 0 aliphatic carbocycles. The van der Waals surface area contributed by atoms with Crippen LogP contribution in [0.1, 0.15) is 16.2 Å². The Labute approximate surface area is 107 Å². The van der Waals surface area contributed by atoms with Crippen molar-refractivity contribution in [2.45, 2.75) is 6.54 Å². The van der Waals surface area contributed by atoms with E-state index in [-0.39, 0.29) is 23.8 Å². The van der Waals surface area contributed by atoms with Crippen LogP contribution in [0.3, 0.4) is 0 Å². The summed E-state index contributed by atoms with van der Waals surface area (Å²) in [5.41, 5.74) is 0.278. The van der Waals surface area contributed by atoms with Crippen molar-refractivity contribution < 1.29 is 9.72 Å². The molecular formula is C12H8N4O3. The van der Waals surface area contributed by atoms with Gasteiger partial charge in [-0.05, 0) is 12.1 Å². The van der Waals surface area contributed by atoms with E-state index >= 15 is 0 Å². The fourth-order valence-electron chi connectivity index (χ4n) is 1.56. The number of Topliss-reactive ketones (excluding diaryl/α,β-unsaturated/α-hetero) is 1. The Kier molecular flexibility index (Phi) is 3.34. The van der Waals surface area contributed by atoms with Crippen molar-refractivity contribution in [1.29, 1.82) is 5.26 Å². The third-order valence-electron chi connectivity index (χ3n) is 2.53. The number of nitro groups is 1. The summed E-state index contributed by atoms with van der Waals surface area (Å²) < 4.78 is 1.42. The molecule has 0 spiro atoms. The van der Waals surface area contributed by atoms with Crippen LogP contribution in [0.25, 0.3) is 0 Å². The number of imidazole rings is 1. The molecular weight excluding hydrogens is 248 g/mol. The van der Waals surface area contributed by atoms with Crippen LogP contribution in [0.5, 0.6) is 0 Å². The summed E-state index contributed by atoms with van der Waals surface area (Å²) in [4.78, 5) is 25.7.